The lowest BCUT2D eigenvalue weighted by molar-refractivity contribution is 0.477. The van der Waals surface area contributed by atoms with Crippen molar-refractivity contribution in [3.63, 3.8) is 0 Å². The summed E-state index contributed by atoms with van der Waals surface area (Å²) >= 11 is 1.53. The van der Waals surface area contributed by atoms with Gasteiger partial charge in [0.25, 0.3) is 0 Å². The molecular formula is C12H14N2OS. The number of nitrogens with zero attached hydrogens (tertiary/aromatic N) is 1. The molecule has 1 heterocycles. The molecular weight excluding hydrogens is 220 g/mol. The predicted molar refractivity (Wildman–Crippen MR) is 66.7 cm³/mol. The van der Waals surface area contributed by atoms with Crippen molar-refractivity contribution in [3.05, 3.63) is 35.3 Å². The minimum atomic E-state index is 0.260. The molecule has 4 heteroatoms. The van der Waals surface area contributed by atoms with E-state index in [0.29, 0.717) is 6.54 Å². The molecule has 0 radical (unpaired) electrons. The van der Waals surface area contributed by atoms with Crippen LogP contribution >= 0.6 is 11.3 Å². The highest BCUT2D eigenvalue weighted by Gasteiger charge is 2.11. The van der Waals surface area contributed by atoms with Gasteiger partial charge < -0.3 is 10.8 Å². The van der Waals surface area contributed by atoms with Crippen LogP contribution < -0.4 is 5.73 Å². The Labute approximate surface area is 98.6 Å². The Bertz CT molecular complexity index is 481. The normalized spacial score (nSPS) is 12.6. The van der Waals surface area contributed by atoms with E-state index in [1.807, 2.05) is 24.4 Å². The standard InChI is InChI=1S/C12H14N2OS/c1-8(6-13)10-7-16-12(14-10)9-4-2-3-5-11(9)15/h2-5,7-8,15H,6,13H2,1H3. The number of phenols is 1. The zero-order chi connectivity index (χ0) is 11.5. The molecule has 2 aromatic rings. The van der Waals surface area contributed by atoms with E-state index in [1.54, 1.807) is 12.1 Å². The molecule has 0 saturated heterocycles. The molecule has 0 fully saturated rings. The Kier molecular flexibility index (Phi) is 3.22. The molecule has 1 aromatic heterocycles. The van der Waals surface area contributed by atoms with Gasteiger partial charge in [-0.05, 0) is 12.1 Å². The van der Waals surface area contributed by atoms with Gasteiger partial charge in [-0.3, -0.25) is 0 Å². The average Bonchev–Trinajstić information content (AvgIpc) is 2.78. The highest BCUT2D eigenvalue weighted by Crippen LogP contribution is 2.32. The molecule has 0 saturated carbocycles. The molecule has 1 aromatic carbocycles. The van der Waals surface area contributed by atoms with Crippen molar-refractivity contribution < 1.29 is 5.11 Å². The number of thiazole rings is 1. The number of rotatable bonds is 3. The van der Waals surface area contributed by atoms with Gasteiger partial charge in [0.1, 0.15) is 10.8 Å². The van der Waals surface area contributed by atoms with Crippen LogP contribution in [-0.2, 0) is 0 Å². The average molecular weight is 234 g/mol. The third-order valence-corrected chi connectivity index (χ3v) is 3.41. The van der Waals surface area contributed by atoms with E-state index in [4.69, 9.17) is 5.73 Å². The number of para-hydroxylation sites is 1. The molecule has 2 rings (SSSR count). The summed E-state index contributed by atoms with van der Waals surface area (Å²) in [7, 11) is 0. The molecule has 1 unspecified atom stereocenters. The fourth-order valence-corrected chi connectivity index (χ4v) is 2.39. The third-order valence-electron chi connectivity index (χ3n) is 2.51. The summed E-state index contributed by atoms with van der Waals surface area (Å²) in [5.74, 6) is 0.527. The minimum absolute atomic E-state index is 0.260. The van der Waals surface area contributed by atoms with Crippen LogP contribution in [0, 0.1) is 0 Å². The van der Waals surface area contributed by atoms with Crippen molar-refractivity contribution in [2.75, 3.05) is 6.54 Å². The fourth-order valence-electron chi connectivity index (χ4n) is 1.41. The van der Waals surface area contributed by atoms with Crippen LogP contribution in [0.3, 0.4) is 0 Å². The first-order valence-electron chi connectivity index (χ1n) is 5.16. The third kappa shape index (κ3) is 2.08. The lowest BCUT2D eigenvalue weighted by atomic mass is 10.1. The predicted octanol–water partition coefficient (Wildman–Crippen LogP) is 2.58. The number of aromatic nitrogens is 1. The van der Waals surface area contributed by atoms with Crippen LogP contribution in [0.25, 0.3) is 10.6 Å². The molecule has 0 aliphatic rings. The second-order valence-corrected chi connectivity index (χ2v) is 4.59. The Hall–Kier alpha value is -1.39. The van der Waals surface area contributed by atoms with Crippen LogP contribution in [0.2, 0.25) is 0 Å². The van der Waals surface area contributed by atoms with Gasteiger partial charge in [0.05, 0.1) is 11.3 Å². The highest BCUT2D eigenvalue weighted by molar-refractivity contribution is 7.13. The first-order chi connectivity index (χ1) is 7.72. The lowest BCUT2D eigenvalue weighted by Gasteiger charge is -2.03. The number of phenolic OH excluding ortho intramolecular Hbond substituents is 1. The van der Waals surface area contributed by atoms with E-state index >= 15 is 0 Å². The van der Waals surface area contributed by atoms with Gasteiger partial charge in [0, 0.05) is 17.8 Å². The monoisotopic (exact) mass is 234 g/mol. The summed E-state index contributed by atoms with van der Waals surface area (Å²) in [5, 5.41) is 12.6. The summed E-state index contributed by atoms with van der Waals surface area (Å²) in [6, 6.07) is 7.23. The molecule has 84 valence electrons. The van der Waals surface area contributed by atoms with Gasteiger partial charge in [0.15, 0.2) is 0 Å². The van der Waals surface area contributed by atoms with E-state index in [1.165, 1.54) is 11.3 Å². The number of benzene rings is 1. The second kappa shape index (κ2) is 4.63. The van der Waals surface area contributed by atoms with Gasteiger partial charge in [-0.2, -0.15) is 0 Å². The highest BCUT2D eigenvalue weighted by atomic mass is 32.1. The quantitative estimate of drug-likeness (QED) is 0.858. The second-order valence-electron chi connectivity index (χ2n) is 3.73. The van der Waals surface area contributed by atoms with Gasteiger partial charge in [-0.25, -0.2) is 4.98 Å². The van der Waals surface area contributed by atoms with Crippen molar-refractivity contribution in [1.82, 2.24) is 4.98 Å². The van der Waals surface area contributed by atoms with Crippen LogP contribution in [0.4, 0.5) is 0 Å². The van der Waals surface area contributed by atoms with Crippen LogP contribution in [0.5, 0.6) is 5.75 Å². The first-order valence-corrected chi connectivity index (χ1v) is 6.04. The maximum absolute atomic E-state index is 9.71. The molecule has 16 heavy (non-hydrogen) atoms. The number of nitrogens with two attached hydrogens (primary N) is 1. The van der Waals surface area contributed by atoms with Crippen molar-refractivity contribution in [1.29, 1.82) is 0 Å². The summed E-state index contributed by atoms with van der Waals surface area (Å²) in [6.45, 7) is 2.63. The Morgan fingerprint density at radius 1 is 1.44 bits per heavy atom. The SMILES string of the molecule is CC(CN)c1csc(-c2ccccc2O)n1. The van der Waals surface area contributed by atoms with Crippen molar-refractivity contribution in [2.24, 2.45) is 5.73 Å². The lowest BCUT2D eigenvalue weighted by Crippen LogP contribution is -2.08. The Morgan fingerprint density at radius 2 is 2.19 bits per heavy atom. The molecule has 0 bridgehead atoms. The minimum Gasteiger partial charge on any atom is -0.507 e. The smallest absolute Gasteiger partial charge is 0.127 e. The molecule has 3 N–H and O–H groups in total. The van der Waals surface area contributed by atoms with Crippen molar-refractivity contribution in [2.45, 2.75) is 12.8 Å². The van der Waals surface area contributed by atoms with Crippen LogP contribution in [0.1, 0.15) is 18.5 Å². The molecule has 0 spiro atoms. The van der Waals surface area contributed by atoms with Gasteiger partial charge in [-0.15, -0.1) is 11.3 Å². The molecule has 0 amide bonds. The van der Waals surface area contributed by atoms with E-state index < -0.39 is 0 Å². The summed E-state index contributed by atoms with van der Waals surface area (Å²) in [4.78, 5) is 4.49. The van der Waals surface area contributed by atoms with Crippen LogP contribution in [0.15, 0.2) is 29.6 Å². The zero-order valence-corrected chi connectivity index (χ0v) is 9.87. The van der Waals surface area contributed by atoms with E-state index in [2.05, 4.69) is 4.98 Å². The van der Waals surface area contributed by atoms with Gasteiger partial charge in [0.2, 0.25) is 0 Å². The summed E-state index contributed by atoms with van der Waals surface area (Å²) in [6.07, 6.45) is 0. The molecule has 1 atom stereocenters. The maximum Gasteiger partial charge on any atom is 0.127 e. The van der Waals surface area contributed by atoms with Crippen LogP contribution in [-0.4, -0.2) is 16.6 Å². The van der Waals surface area contributed by atoms with E-state index in [9.17, 15) is 5.11 Å². The van der Waals surface area contributed by atoms with E-state index in [0.717, 1.165) is 16.3 Å². The maximum atomic E-state index is 9.71. The topological polar surface area (TPSA) is 59.1 Å². The number of hydrogen-bond acceptors (Lipinski definition) is 4. The summed E-state index contributed by atoms with van der Waals surface area (Å²) in [5.41, 5.74) is 7.37. The molecule has 0 aliphatic heterocycles. The molecule has 0 aliphatic carbocycles. The largest absolute Gasteiger partial charge is 0.507 e. The molecule has 3 nitrogen and oxygen atoms in total. The Balaban J connectivity index is 2.35. The van der Waals surface area contributed by atoms with Gasteiger partial charge >= 0.3 is 0 Å². The number of aromatic hydroxyl groups is 1. The van der Waals surface area contributed by atoms with Crippen molar-refractivity contribution in [3.8, 4) is 16.3 Å². The van der Waals surface area contributed by atoms with Gasteiger partial charge in [-0.1, -0.05) is 19.1 Å². The fraction of sp³-hybridized carbons (Fsp3) is 0.250. The van der Waals surface area contributed by atoms with Crippen molar-refractivity contribution >= 4 is 11.3 Å². The summed E-state index contributed by atoms with van der Waals surface area (Å²) < 4.78 is 0. The first kappa shape index (κ1) is 11.1. The zero-order valence-electron chi connectivity index (χ0n) is 9.05. The Morgan fingerprint density at radius 3 is 2.88 bits per heavy atom. The van der Waals surface area contributed by atoms with E-state index in [-0.39, 0.29) is 11.7 Å². The number of hydrogen-bond donors (Lipinski definition) is 2.